The predicted molar refractivity (Wildman–Crippen MR) is 72.5 cm³/mol. The van der Waals surface area contributed by atoms with Gasteiger partial charge in [-0.05, 0) is 30.9 Å². The molecule has 1 aromatic rings. The molecule has 102 valence electrons. The van der Waals surface area contributed by atoms with Crippen molar-refractivity contribution >= 4 is 33.0 Å². The van der Waals surface area contributed by atoms with Crippen molar-refractivity contribution in [1.82, 2.24) is 4.72 Å². The van der Waals surface area contributed by atoms with E-state index in [-0.39, 0.29) is 16.7 Å². The topological polar surface area (TPSA) is 66.4 Å². The standard InChI is InChI=1S/C11H16ClNO3S2/c12-10-5-6-11(17-10)18(15,16)13-7-9(14)8-3-1-2-4-8/h5-6,8-9,13-14H,1-4,7H2. The molecule has 2 N–H and O–H groups in total. The second-order valence-corrected chi connectivity index (χ2v) is 8.23. The highest BCUT2D eigenvalue weighted by Crippen LogP contribution is 2.28. The third-order valence-electron chi connectivity index (χ3n) is 3.24. The molecule has 1 fully saturated rings. The molecule has 1 heterocycles. The van der Waals surface area contributed by atoms with E-state index in [4.69, 9.17) is 11.6 Å². The highest BCUT2D eigenvalue weighted by Gasteiger charge is 2.25. The van der Waals surface area contributed by atoms with E-state index >= 15 is 0 Å². The van der Waals surface area contributed by atoms with Gasteiger partial charge in [-0.15, -0.1) is 11.3 Å². The molecule has 0 bridgehead atoms. The van der Waals surface area contributed by atoms with E-state index < -0.39 is 16.1 Å². The lowest BCUT2D eigenvalue weighted by atomic mass is 10.0. The quantitative estimate of drug-likeness (QED) is 0.876. The number of halogens is 1. The van der Waals surface area contributed by atoms with Crippen molar-refractivity contribution in [3.63, 3.8) is 0 Å². The van der Waals surface area contributed by atoms with Gasteiger partial charge in [-0.1, -0.05) is 24.4 Å². The second-order valence-electron chi connectivity index (χ2n) is 4.52. The maximum Gasteiger partial charge on any atom is 0.250 e. The number of thiophene rings is 1. The number of aliphatic hydroxyl groups is 1. The average molecular weight is 310 g/mol. The normalized spacial score (nSPS) is 19.2. The van der Waals surface area contributed by atoms with E-state index in [0.717, 1.165) is 37.0 Å². The molecule has 1 aliphatic carbocycles. The minimum atomic E-state index is -3.54. The van der Waals surface area contributed by atoms with Crippen LogP contribution in [-0.2, 0) is 10.0 Å². The number of sulfonamides is 1. The molecule has 4 nitrogen and oxygen atoms in total. The number of hydrogen-bond acceptors (Lipinski definition) is 4. The fourth-order valence-corrected chi connectivity index (χ4v) is 4.80. The van der Waals surface area contributed by atoms with E-state index in [1.54, 1.807) is 6.07 Å². The molecule has 2 rings (SSSR count). The van der Waals surface area contributed by atoms with Crippen molar-refractivity contribution < 1.29 is 13.5 Å². The van der Waals surface area contributed by atoms with Crippen molar-refractivity contribution in [3.8, 4) is 0 Å². The summed E-state index contributed by atoms with van der Waals surface area (Å²) in [6.45, 7) is 0.0719. The van der Waals surface area contributed by atoms with Gasteiger partial charge in [0.15, 0.2) is 0 Å². The molecule has 0 radical (unpaired) electrons. The van der Waals surface area contributed by atoms with Crippen LogP contribution in [0.5, 0.6) is 0 Å². The van der Waals surface area contributed by atoms with Gasteiger partial charge in [0.2, 0.25) is 10.0 Å². The lowest BCUT2D eigenvalue weighted by molar-refractivity contribution is 0.115. The summed E-state index contributed by atoms with van der Waals surface area (Å²) in [7, 11) is -3.54. The summed E-state index contributed by atoms with van der Waals surface area (Å²) in [5, 5.41) is 9.91. The molecule has 1 atom stereocenters. The molecule has 1 aliphatic rings. The van der Waals surface area contributed by atoms with Gasteiger partial charge in [0, 0.05) is 6.54 Å². The molecular formula is C11H16ClNO3S2. The van der Waals surface area contributed by atoms with E-state index in [1.165, 1.54) is 6.07 Å². The molecule has 0 spiro atoms. The van der Waals surface area contributed by atoms with Crippen molar-refractivity contribution in [2.45, 2.75) is 36.0 Å². The Morgan fingerprint density at radius 3 is 2.67 bits per heavy atom. The first-order valence-electron chi connectivity index (χ1n) is 5.92. The Hall–Kier alpha value is -0.140. The average Bonchev–Trinajstić information content (AvgIpc) is 2.96. The third-order valence-corrected chi connectivity index (χ3v) is 6.39. The van der Waals surface area contributed by atoms with Gasteiger partial charge in [-0.3, -0.25) is 0 Å². The van der Waals surface area contributed by atoms with Crippen LogP contribution < -0.4 is 4.72 Å². The van der Waals surface area contributed by atoms with Crippen molar-refractivity contribution in [1.29, 1.82) is 0 Å². The Labute approximate surface area is 116 Å². The van der Waals surface area contributed by atoms with Crippen LogP contribution in [0.1, 0.15) is 25.7 Å². The number of hydrogen-bond donors (Lipinski definition) is 2. The Morgan fingerprint density at radius 1 is 1.44 bits per heavy atom. The van der Waals surface area contributed by atoms with Crippen molar-refractivity contribution in [2.24, 2.45) is 5.92 Å². The number of rotatable bonds is 5. The van der Waals surface area contributed by atoms with Gasteiger partial charge in [0.25, 0.3) is 0 Å². The smallest absolute Gasteiger partial charge is 0.250 e. The van der Waals surface area contributed by atoms with Crippen LogP contribution in [0, 0.1) is 5.92 Å². The van der Waals surface area contributed by atoms with Gasteiger partial charge < -0.3 is 5.11 Å². The first kappa shape index (κ1) is 14.3. The molecule has 18 heavy (non-hydrogen) atoms. The zero-order valence-corrected chi connectivity index (χ0v) is 12.2. The Kier molecular flexibility index (Phi) is 4.66. The van der Waals surface area contributed by atoms with E-state index in [0.29, 0.717) is 4.34 Å². The molecule has 1 aromatic heterocycles. The lowest BCUT2D eigenvalue weighted by Gasteiger charge is -2.17. The summed E-state index contributed by atoms with van der Waals surface area (Å²) >= 11 is 6.72. The largest absolute Gasteiger partial charge is 0.391 e. The maximum absolute atomic E-state index is 11.9. The zero-order valence-electron chi connectivity index (χ0n) is 9.80. The minimum Gasteiger partial charge on any atom is -0.391 e. The van der Waals surface area contributed by atoms with Gasteiger partial charge in [-0.25, -0.2) is 13.1 Å². The van der Waals surface area contributed by atoms with Crippen LogP contribution in [0.3, 0.4) is 0 Å². The zero-order chi connectivity index (χ0) is 13.2. The van der Waals surface area contributed by atoms with Crippen LogP contribution >= 0.6 is 22.9 Å². The maximum atomic E-state index is 11.9. The fraction of sp³-hybridized carbons (Fsp3) is 0.636. The van der Waals surface area contributed by atoms with Gasteiger partial charge >= 0.3 is 0 Å². The molecule has 0 aliphatic heterocycles. The van der Waals surface area contributed by atoms with E-state index in [2.05, 4.69) is 4.72 Å². The SMILES string of the molecule is O=S(=O)(NCC(O)C1CCCC1)c1ccc(Cl)s1. The number of nitrogens with one attached hydrogen (secondary N) is 1. The van der Waals surface area contributed by atoms with Gasteiger partial charge in [0.05, 0.1) is 10.4 Å². The summed E-state index contributed by atoms with van der Waals surface area (Å²) in [5.41, 5.74) is 0. The van der Waals surface area contributed by atoms with Crippen molar-refractivity contribution in [2.75, 3.05) is 6.54 Å². The first-order chi connectivity index (χ1) is 8.49. The van der Waals surface area contributed by atoms with Gasteiger partial charge in [0.1, 0.15) is 4.21 Å². The predicted octanol–water partition coefficient (Wildman–Crippen LogP) is 2.23. The third kappa shape index (κ3) is 3.45. The summed E-state index contributed by atoms with van der Waals surface area (Å²) in [6, 6.07) is 3.02. The molecule has 1 saturated carbocycles. The molecule has 7 heteroatoms. The number of aliphatic hydroxyl groups excluding tert-OH is 1. The van der Waals surface area contributed by atoms with Crippen LogP contribution in [0.2, 0.25) is 4.34 Å². The molecule has 0 saturated heterocycles. The van der Waals surface area contributed by atoms with E-state index in [1.807, 2.05) is 0 Å². The highest BCUT2D eigenvalue weighted by atomic mass is 35.5. The highest BCUT2D eigenvalue weighted by molar-refractivity contribution is 7.91. The molecular weight excluding hydrogens is 294 g/mol. The summed E-state index contributed by atoms with van der Waals surface area (Å²) in [5.74, 6) is 0.222. The van der Waals surface area contributed by atoms with Crippen LogP contribution in [0.4, 0.5) is 0 Å². The molecule has 1 unspecified atom stereocenters. The summed E-state index contributed by atoms with van der Waals surface area (Å²) in [6.07, 6.45) is 3.60. The Bertz CT molecular complexity index is 494. The Balaban J connectivity index is 1.92. The summed E-state index contributed by atoms with van der Waals surface area (Å²) in [4.78, 5) is 0. The monoisotopic (exact) mass is 309 g/mol. The van der Waals surface area contributed by atoms with Crippen molar-refractivity contribution in [3.05, 3.63) is 16.5 Å². The summed E-state index contributed by atoms with van der Waals surface area (Å²) < 4.78 is 26.9. The van der Waals surface area contributed by atoms with Gasteiger partial charge in [-0.2, -0.15) is 0 Å². The fourth-order valence-electron chi connectivity index (χ4n) is 2.22. The Morgan fingerprint density at radius 2 is 2.11 bits per heavy atom. The van der Waals surface area contributed by atoms with E-state index in [9.17, 15) is 13.5 Å². The van der Waals surface area contributed by atoms with Crippen LogP contribution in [0.15, 0.2) is 16.3 Å². The minimum absolute atomic E-state index is 0.0719. The first-order valence-corrected chi connectivity index (χ1v) is 8.60. The van der Waals surface area contributed by atoms with Crippen LogP contribution in [-0.4, -0.2) is 26.2 Å². The second kappa shape index (κ2) is 5.88. The molecule has 0 aromatic carbocycles. The lowest BCUT2D eigenvalue weighted by Crippen LogP contribution is -2.35. The molecule has 0 amide bonds. The van der Waals surface area contributed by atoms with Crippen LogP contribution in [0.25, 0.3) is 0 Å².